The summed E-state index contributed by atoms with van der Waals surface area (Å²) in [5.41, 5.74) is 4.23. The van der Waals surface area contributed by atoms with E-state index in [1.54, 1.807) is 29.9 Å². The monoisotopic (exact) mass is 410 g/mol. The van der Waals surface area contributed by atoms with E-state index in [0.29, 0.717) is 34.2 Å². The first kappa shape index (κ1) is 18.7. The van der Waals surface area contributed by atoms with Crippen molar-refractivity contribution >= 4 is 17.2 Å². The van der Waals surface area contributed by atoms with Gasteiger partial charge in [-0.15, -0.1) is 10.2 Å². The number of hydrogen-bond acceptors (Lipinski definition) is 6. The number of fused-ring (bicyclic) bond motifs is 1. The molecule has 0 radical (unpaired) electrons. The first-order valence-corrected chi connectivity index (χ1v) is 9.70. The summed E-state index contributed by atoms with van der Waals surface area (Å²) in [6, 6.07) is 16.7. The summed E-state index contributed by atoms with van der Waals surface area (Å²) in [6.45, 7) is 3.59. The zero-order valence-electron chi connectivity index (χ0n) is 16.9. The smallest absolute Gasteiger partial charge is 0.259 e. The van der Waals surface area contributed by atoms with Gasteiger partial charge in [-0.3, -0.25) is 9.78 Å². The molecule has 0 aliphatic heterocycles. The summed E-state index contributed by atoms with van der Waals surface area (Å²) in [7, 11) is 0. The van der Waals surface area contributed by atoms with Crippen molar-refractivity contribution in [3.05, 3.63) is 84.1 Å². The van der Waals surface area contributed by atoms with E-state index >= 15 is 0 Å². The predicted octanol–water partition coefficient (Wildman–Crippen LogP) is 4.32. The normalized spacial score (nSPS) is 11.0. The molecular weight excluding hydrogens is 392 g/mol. The van der Waals surface area contributed by atoms with Crippen LogP contribution in [0.1, 0.15) is 21.9 Å². The number of amides is 1. The zero-order valence-corrected chi connectivity index (χ0v) is 16.9. The molecular formula is C23H18N6O2. The van der Waals surface area contributed by atoms with Gasteiger partial charge in [0.1, 0.15) is 11.5 Å². The number of aryl methyl sites for hydroxylation is 2. The van der Waals surface area contributed by atoms with Gasteiger partial charge < -0.3 is 9.73 Å². The number of furan rings is 1. The molecule has 0 atom stereocenters. The number of anilines is 1. The van der Waals surface area contributed by atoms with Crippen LogP contribution in [0, 0.1) is 13.8 Å². The second-order valence-corrected chi connectivity index (χ2v) is 7.12. The van der Waals surface area contributed by atoms with E-state index in [2.05, 4.69) is 20.5 Å². The van der Waals surface area contributed by atoms with Gasteiger partial charge in [-0.2, -0.15) is 9.61 Å². The highest BCUT2D eigenvalue weighted by Crippen LogP contribution is 2.24. The molecule has 152 valence electrons. The van der Waals surface area contributed by atoms with Gasteiger partial charge in [-0.1, -0.05) is 12.1 Å². The van der Waals surface area contributed by atoms with Gasteiger partial charge in [0.05, 0.1) is 11.3 Å². The average Bonchev–Trinajstić information content (AvgIpc) is 3.36. The molecule has 8 heteroatoms. The maximum atomic E-state index is 12.6. The molecule has 8 nitrogen and oxygen atoms in total. The van der Waals surface area contributed by atoms with Crippen molar-refractivity contribution in [2.24, 2.45) is 0 Å². The molecule has 0 spiro atoms. The minimum absolute atomic E-state index is 0.215. The largest absolute Gasteiger partial charge is 0.466 e. The topological polar surface area (TPSA) is 98.2 Å². The lowest BCUT2D eigenvalue weighted by Crippen LogP contribution is -2.12. The van der Waals surface area contributed by atoms with E-state index in [1.165, 1.54) is 0 Å². The van der Waals surface area contributed by atoms with Crippen molar-refractivity contribution in [2.75, 3.05) is 5.32 Å². The Labute approximate surface area is 177 Å². The molecule has 5 rings (SSSR count). The minimum atomic E-state index is -0.215. The van der Waals surface area contributed by atoms with E-state index in [9.17, 15) is 4.79 Å². The van der Waals surface area contributed by atoms with Crippen LogP contribution in [0.3, 0.4) is 0 Å². The van der Waals surface area contributed by atoms with Crippen LogP contribution >= 0.6 is 0 Å². The van der Waals surface area contributed by atoms with E-state index in [1.807, 2.05) is 55.5 Å². The number of carbonyl (C=O) groups is 1. The number of benzene rings is 1. The molecule has 0 unspecified atom stereocenters. The fraction of sp³-hybridized carbons (Fsp3) is 0.0870. The van der Waals surface area contributed by atoms with E-state index in [-0.39, 0.29) is 5.91 Å². The number of hydrogen-bond donors (Lipinski definition) is 1. The quantitative estimate of drug-likeness (QED) is 0.474. The van der Waals surface area contributed by atoms with Gasteiger partial charge in [-0.25, -0.2) is 0 Å². The molecule has 5 aromatic rings. The van der Waals surface area contributed by atoms with E-state index in [4.69, 9.17) is 9.52 Å². The van der Waals surface area contributed by atoms with Crippen molar-refractivity contribution in [2.45, 2.75) is 13.8 Å². The molecule has 0 saturated heterocycles. The summed E-state index contributed by atoms with van der Waals surface area (Å²) in [6.07, 6.45) is 3.43. The van der Waals surface area contributed by atoms with Crippen molar-refractivity contribution in [1.82, 2.24) is 24.8 Å². The van der Waals surface area contributed by atoms with Crippen LogP contribution in [0.25, 0.3) is 28.3 Å². The van der Waals surface area contributed by atoms with Crippen LogP contribution in [0.15, 0.2) is 71.4 Å². The van der Waals surface area contributed by atoms with Gasteiger partial charge in [0, 0.05) is 29.2 Å². The molecule has 1 N–H and O–H groups in total. The Kier molecular flexibility index (Phi) is 4.51. The van der Waals surface area contributed by atoms with Crippen molar-refractivity contribution in [3.63, 3.8) is 0 Å². The molecule has 1 aromatic carbocycles. The van der Waals surface area contributed by atoms with Gasteiger partial charge in [0.25, 0.3) is 5.91 Å². The van der Waals surface area contributed by atoms with Gasteiger partial charge in [-0.05, 0) is 56.3 Å². The van der Waals surface area contributed by atoms with Gasteiger partial charge in [0.2, 0.25) is 0 Å². The number of aromatic nitrogens is 5. The number of pyridine rings is 1. The highest BCUT2D eigenvalue weighted by atomic mass is 16.3. The fourth-order valence-electron chi connectivity index (χ4n) is 3.43. The molecule has 0 fully saturated rings. The number of rotatable bonds is 4. The maximum Gasteiger partial charge on any atom is 0.259 e. The molecule has 4 heterocycles. The average molecular weight is 410 g/mol. The van der Waals surface area contributed by atoms with Crippen molar-refractivity contribution in [1.29, 1.82) is 0 Å². The van der Waals surface area contributed by atoms with Crippen LogP contribution in [-0.4, -0.2) is 30.7 Å². The van der Waals surface area contributed by atoms with Crippen molar-refractivity contribution < 1.29 is 9.21 Å². The molecule has 0 saturated carbocycles. The van der Waals surface area contributed by atoms with Crippen molar-refractivity contribution in [3.8, 4) is 22.6 Å². The van der Waals surface area contributed by atoms with Crippen LogP contribution in [0.5, 0.6) is 0 Å². The Balaban J connectivity index is 1.48. The van der Waals surface area contributed by atoms with Crippen LogP contribution in [-0.2, 0) is 0 Å². The molecule has 1 amide bonds. The maximum absolute atomic E-state index is 12.6. The summed E-state index contributed by atoms with van der Waals surface area (Å²) in [5.74, 6) is 1.69. The standard InChI is InChI=1S/C23H18N6O2/c1-14-11-19(15(2)31-14)23(30)25-18-7-3-5-16(12-18)20-8-9-21-26-27-22(29(21)28-20)17-6-4-10-24-13-17/h3-13H,1-2H3,(H,25,30). The Bertz CT molecular complexity index is 1400. The second kappa shape index (κ2) is 7.49. The molecule has 0 bridgehead atoms. The Morgan fingerprint density at radius 2 is 1.87 bits per heavy atom. The molecule has 0 aliphatic carbocycles. The molecule has 4 aromatic heterocycles. The lowest BCUT2D eigenvalue weighted by molar-refractivity contribution is 0.102. The third kappa shape index (κ3) is 3.55. The highest BCUT2D eigenvalue weighted by Gasteiger charge is 2.15. The Hall–Kier alpha value is -4.33. The first-order valence-electron chi connectivity index (χ1n) is 9.70. The number of carbonyl (C=O) groups excluding carboxylic acids is 1. The fourth-order valence-corrected chi connectivity index (χ4v) is 3.43. The zero-order chi connectivity index (χ0) is 21.4. The minimum Gasteiger partial charge on any atom is -0.466 e. The van der Waals surface area contributed by atoms with Crippen LogP contribution < -0.4 is 5.32 Å². The summed E-state index contributed by atoms with van der Waals surface area (Å²) < 4.78 is 7.15. The Morgan fingerprint density at radius 1 is 1.00 bits per heavy atom. The molecule has 0 aliphatic rings. The lowest BCUT2D eigenvalue weighted by atomic mass is 10.1. The van der Waals surface area contributed by atoms with Crippen LogP contribution in [0.2, 0.25) is 0 Å². The predicted molar refractivity (Wildman–Crippen MR) is 116 cm³/mol. The van der Waals surface area contributed by atoms with E-state index < -0.39 is 0 Å². The SMILES string of the molecule is Cc1cc(C(=O)Nc2cccc(-c3ccc4nnc(-c5cccnc5)n4n3)c2)c(C)o1. The van der Waals surface area contributed by atoms with Gasteiger partial charge >= 0.3 is 0 Å². The summed E-state index contributed by atoms with van der Waals surface area (Å²) >= 11 is 0. The second-order valence-electron chi connectivity index (χ2n) is 7.12. The summed E-state index contributed by atoms with van der Waals surface area (Å²) in [4.78, 5) is 16.8. The first-order chi connectivity index (χ1) is 15.1. The summed E-state index contributed by atoms with van der Waals surface area (Å²) in [5, 5.41) is 16.1. The van der Waals surface area contributed by atoms with Gasteiger partial charge in [0.15, 0.2) is 11.5 Å². The number of nitrogens with zero attached hydrogens (tertiary/aromatic N) is 5. The molecule has 31 heavy (non-hydrogen) atoms. The Morgan fingerprint density at radius 3 is 2.65 bits per heavy atom. The third-order valence-electron chi connectivity index (χ3n) is 4.88. The number of nitrogens with one attached hydrogen (secondary N) is 1. The van der Waals surface area contributed by atoms with E-state index in [0.717, 1.165) is 16.8 Å². The van der Waals surface area contributed by atoms with Crippen LogP contribution in [0.4, 0.5) is 5.69 Å². The lowest BCUT2D eigenvalue weighted by Gasteiger charge is -2.07. The highest BCUT2D eigenvalue weighted by molar-refractivity contribution is 6.05. The third-order valence-corrected chi connectivity index (χ3v) is 4.88.